The van der Waals surface area contributed by atoms with Gasteiger partial charge in [-0.1, -0.05) is 38.8 Å². The van der Waals surface area contributed by atoms with Gasteiger partial charge in [0.15, 0.2) is 0 Å². The minimum absolute atomic E-state index is 0.0144. The summed E-state index contributed by atoms with van der Waals surface area (Å²) in [6, 6.07) is 7.99. The summed E-state index contributed by atoms with van der Waals surface area (Å²) in [6.45, 7) is 6.20. The van der Waals surface area contributed by atoms with E-state index in [0.717, 1.165) is 18.4 Å². The van der Waals surface area contributed by atoms with Crippen molar-refractivity contribution in [3.8, 4) is 0 Å². The number of thioether (sulfide) groups is 1. The van der Waals surface area contributed by atoms with Crippen LogP contribution in [0.4, 0.5) is 0 Å². The average molecular weight is 475 g/mol. The standard InChI is InChI=1S/C26H38N2O4S/c1-4-20(5-2)32-24-15-19(26(30)31)14-23(25(24)28-17(3)29)27-16-18-9-8-12-22(13-18)33-21-10-6-7-11-21/h8-9,12-13,15,20-21,23-25,27H,4-7,10-11,14,16H2,1-3H3,(H,28,29)(H,30,31)/t23-,24+,25+/m0/s1. The van der Waals surface area contributed by atoms with Crippen LogP contribution in [0.5, 0.6) is 0 Å². The largest absolute Gasteiger partial charge is 0.478 e. The summed E-state index contributed by atoms with van der Waals surface area (Å²) >= 11 is 1.96. The summed E-state index contributed by atoms with van der Waals surface area (Å²) in [4.78, 5) is 25.1. The van der Waals surface area contributed by atoms with Crippen LogP contribution < -0.4 is 10.6 Å². The molecule has 0 aromatic heterocycles. The summed E-state index contributed by atoms with van der Waals surface area (Å²) < 4.78 is 6.26. The lowest BCUT2D eigenvalue weighted by atomic mass is 9.87. The van der Waals surface area contributed by atoms with Gasteiger partial charge in [0.25, 0.3) is 0 Å². The zero-order valence-electron chi connectivity index (χ0n) is 20.0. The average Bonchev–Trinajstić information content (AvgIpc) is 3.30. The number of ether oxygens (including phenoxy) is 1. The van der Waals surface area contributed by atoms with Crippen molar-refractivity contribution in [3.63, 3.8) is 0 Å². The minimum atomic E-state index is -0.934. The van der Waals surface area contributed by atoms with Crippen LogP contribution in [-0.2, 0) is 20.9 Å². The fourth-order valence-electron chi connectivity index (χ4n) is 4.74. The van der Waals surface area contributed by atoms with E-state index < -0.39 is 12.1 Å². The molecule has 3 atom stereocenters. The predicted molar refractivity (Wildman–Crippen MR) is 132 cm³/mol. The van der Waals surface area contributed by atoms with Crippen LogP contribution in [0.15, 0.2) is 40.8 Å². The highest BCUT2D eigenvalue weighted by Gasteiger charge is 2.37. The summed E-state index contributed by atoms with van der Waals surface area (Å²) in [7, 11) is 0. The molecule has 2 aliphatic rings. The van der Waals surface area contributed by atoms with E-state index in [2.05, 4.69) is 48.7 Å². The second-order valence-electron chi connectivity index (χ2n) is 9.13. The quantitative estimate of drug-likeness (QED) is 0.432. The van der Waals surface area contributed by atoms with Gasteiger partial charge in [0, 0.05) is 35.2 Å². The van der Waals surface area contributed by atoms with E-state index in [1.165, 1.54) is 37.5 Å². The highest BCUT2D eigenvalue weighted by Crippen LogP contribution is 2.35. The van der Waals surface area contributed by atoms with E-state index >= 15 is 0 Å². The van der Waals surface area contributed by atoms with Crippen molar-refractivity contribution in [2.45, 2.75) is 107 Å². The molecule has 3 N–H and O–H groups in total. The molecule has 1 saturated carbocycles. The Morgan fingerprint density at radius 1 is 1.21 bits per heavy atom. The molecule has 7 heteroatoms. The third-order valence-corrected chi connectivity index (χ3v) is 7.90. The van der Waals surface area contributed by atoms with Gasteiger partial charge in [-0.3, -0.25) is 4.79 Å². The van der Waals surface area contributed by atoms with Gasteiger partial charge in [-0.2, -0.15) is 0 Å². The summed E-state index contributed by atoms with van der Waals surface area (Å²) in [5.74, 6) is -1.08. The SMILES string of the molecule is CCC(CC)O[C@@H]1C=C(C(=O)O)C[C@H](NCc2cccc(SC3CCCC3)c2)[C@H]1NC(C)=O. The third-order valence-electron chi connectivity index (χ3n) is 6.57. The number of benzene rings is 1. The number of carbonyl (C=O) groups is 2. The maximum Gasteiger partial charge on any atom is 0.331 e. The van der Waals surface area contributed by atoms with Crippen molar-refractivity contribution in [2.75, 3.05) is 0 Å². The number of carbonyl (C=O) groups excluding carboxylic acids is 1. The van der Waals surface area contributed by atoms with E-state index in [-0.39, 0.29) is 24.1 Å². The molecule has 3 rings (SSSR count). The summed E-state index contributed by atoms with van der Waals surface area (Å²) in [6.07, 6.45) is 8.43. The topological polar surface area (TPSA) is 87.7 Å². The van der Waals surface area contributed by atoms with Crippen LogP contribution in [0.2, 0.25) is 0 Å². The molecule has 6 nitrogen and oxygen atoms in total. The zero-order chi connectivity index (χ0) is 23.8. The molecule has 0 saturated heterocycles. The number of carboxylic acids is 1. The molecule has 1 fully saturated rings. The van der Waals surface area contributed by atoms with Gasteiger partial charge in [-0.15, -0.1) is 11.8 Å². The lowest BCUT2D eigenvalue weighted by Gasteiger charge is -2.38. The Balaban J connectivity index is 1.74. The lowest BCUT2D eigenvalue weighted by Crippen LogP contribution is -2.58. The second kappa shape index (κ2) is 12.6. The molecule has 0 spiro atoms. The first-order valence-corrected chi connectivity index (χ1v) is 13.1. The van der Waals surface area contributed by atoms with Gasteiger partial charge in [-0.05, 0) is 55.9 Å². The molecule has 1 aromatic rings. The van der Waals surface area contributed by atoms with Crippen LogP contribution in [-0.4, -0.2) is 46.5 Å². The van der Waals surface area contributed by atoms with Gasteiger partial charge in [0.1, 0.15) is 0 Å². The third kappa shape index (κ3) is 7.59. The Kier molecular flexibility index (Phi) is 9.83. The highest BCUT2D eigenvalue weighted by molar-refractivity contribution is 8.00. The van der Waals surface area contributed by atoms with Crippen LogP contribution in [0, 0.1) is 0 Å². The number of hydrogen-bond acceptors (Lipinski definition) is 5. The van der Waals surface area contributed by atoms with Gasteiger partial charge < -0.3 is 20.5 Å². The Morgan fingerprint density at radius 3 is 2.58 bits per heavy atom. The van der Waals surface area contributed by atoms with Gasteiger partial charge in [0.05, 0.1) is 18.2 Å². The number of hydrogen-bond donors (Lipinski definition) is 3. The molecule has 0 aliphatic heterocycles. The minimum Gasteiger partial charge on any atom is -0.478 e. The Bertz CT molecular complexity index is 833. The lowest BCUT2D eigenvalue weighted by molar-refractivity contribution is -0.133. The molecule has 0 radical (unpaired) electrons. The summed E-state index contributed by atoms with van der Waals surface area (Å²) in [5, 5.41) is 17.0. The molecular weight excluding hydrogens is 436 g/mol. The van der Waals surface area contributed by atoms with Crippen molar-refractivity contribution in [3.05, 3.63) is 41.5 Å². The zero-order valence-corrected chi connectivity index (χ0v) is 20.8. The Hall–Kier alpha value is -1.83. The molecule has 182 valence electrons. The maximum atomic E-state index is 12.0. The molecule has 0 bridgehead atoms. The highest BCUT2D eigenvalue weighted by atomic mass is 32.2. The summed E-state index contributed by atoms with van der Waals surface area (Å²) in [5.41, 5.74) is 1.49. The number of nitrogens with one attached hydrogen (secondary N) is 2. The van der Waals surface area contributed by atoms with Gasteiger partial charge >= 0.3 is 5.97 Å². The van der Waals surface area contributed by atoms with Gasteiger partial charge in [0.2, 0.25) is 5.91 Å². The molecular formula is C26H38N2O4S. The first-order valence-electron chi connectivity index (χ1n) is 12.2. The van der Waals surface area contributed by atoms with Gasteiger partial charge in [-0.25, -0.2) is 4.79 Å². The van der Waals surface area contributed by atoms with Crippen molar-refractivity contribution in [1.82, 2.24) is 10.6 Å². The molecule has 1 amide bonds. The first-order chi connectivity index (χ1) is 15.9. The monoisotopic (exact) mass is 474 g/mol. The van der Waals surface area contributed by atoms with Crippen molar-refractivity contribution in [2.24, 2.45) is 0 Å². The number of aliphatic carboxylic acids is 1. The predicted octanol–water partition coefficient (Wildman–Crippen LogP) is 4.67. The molecule has 0 unspecified atom stereocenters. The number of rotatable bonds is 11. The Morgan fingerprint density at radius 2 is 1.94 bits per heavy atom. The molecule has 2 aliphatic carbocycles. The normalized spacial score (nSPS) is 23.5. The number of amides is 1. The van der Waals surface area contributed by atoms with Crippen LogP contribution in [0.25, 0.3) is 0 Å². The van der Waals surface area contributed by atoms with E-state index in [9.17, 15) is 14.7 Å². The van der Waals surface area contributed by atoms with E-state index in [1.54, 1.807) is 6.08 Å². The number of carboxylic acid groups (broad SMARTS) is 1. The smallest absolute Gasteiger partial charge is 0.331 e. The fraction of sp³-hybridized carbons (Fsp3) is 0.615. The van der Waals surface area contributed by atoms with Crippen LogP contribution in [0.3, 0.4) is 0 Å². The molecule has 1 aromatic carbocycles. The maximum absolute atomic E-state index is 12.0. The fourth-order valence-corrected chi connectivity index (χ4v) is 6.07. The van der Waals surface area contributed by atoms with Crippen molar-refractivity contribution >= 4 is 23.6 Å². The van der Waals surface area contributed by atoms with Crippen LogP contribution in [0.1, 0.15) is 71.3 Å². The molecule has 33 heavy (non-hydrogen) atoms. The van der Waals surface area contributed by atoms with E-state index in [1.807, 2.05) is 11.8 Å². The van der Waals surface area contributed by atoms with Crippen LogP contribution >= 0.6 is 11.8 Å². The van der Waals surface area contributed by atoms with Crippen molar-refractivity contribution in [1.29, 1.82) is 0 Å². The van der Waals surface area contributed by atoms with E-state index in [4.69, 9.17) is 4.74 Å². The van der Waals surface area contributed by atoms with E-state index in [0.29, 0.717) is 23.8 Å². The second-order valence-corrected chi connectivity index (χ2v) is 10.5. The van der Waals surface area contributed by atoms with Crippen molar-refractivity contribution < 1.29 is 19.4 Å². The molecule has 0 heterocycles. The first kappa shape index (κ1) is 25.8. The Labute approximate surface area is 201 Å².